The number of amides is 2. The average Bonchev–Trinajstić information content (AvgIpc) is 3.46. The van der Waals surface area contributed by atoms with Crippen LogP contribution in [-0.2, 0) is 23.2 Å². The van der Waals surface area contributed by atoms with Crippen molar-refractivity contribution in [2.24, 2.45) is 12.5 Å². The summed E-state index contributed by atoms with van der Waals surface area (Å²) in [6.07, 6.45) is 9.36. The van der Waals surface area contributed by atoms with Crippen molar-refractivity contribution in [2.45, 2.75) is 64.0 Å². The van der Waals surface area contributed by atoms with Gasteiger partial charge >= 0.3 is 0 Å². The highest BCUT2D eigenvalue weighted by Gasteiger charge is 2.52. The molecule has 6 nitrogen and oxygen atoms in total. The third-order valence-corrected chi connectivity index (χ3v) is 7.10. The quantitative estimate of drug-likeness (QED) is 0.867. The zero-order valence-corrected chi connectivity index (χ0v) is 17.0. The van der Waals surface area contributed by atoms with Gasteiger partial charge in [-0.2, -0.15) is 0 Å². The number of piperidine rings is 1. The van der Waals surface area contributed by atoms with Crippen LogP contribution >= 0.6 is 0 Å². The number of hydrogen-bond acceptors (Lipinski definition) is 3. The third kappa shape index (κ3) is 2.88. The lowest BCUT2D eigenvalue weighted by atomic mass is 9.75. The van der Waals surface area contributed by atoms with E-state index in [0.717, 1.165) is 48.2 Å². The van der Waals surface area contributed by atoms with Crippen molar-refractivity contribution < 1.29 is 9.59 Å². The number of carbonyl (C=O) groups is 2. The molecule has 1 aromatic heterocycles. The molecule has 152 valence electrons. The van der Waals surface area contributed by atoms with Crippen LogP contribution in [0, 0.1) is 5.41 Å². The van der Waals surface area contributed by atoms with Crippen molar-refractivity contribution in [3.8, 4) is 0 Å². The number of aryl methyl sites for hydroxylation is 1. The zero-order chi connectivity index (χ0) is 20.0. The molecule has 1 atom stereocenters. The van der Waals surface area contributed by atoms with E-state index in [1.165, 1.54) is 12.8 Å². The van der Waals surface area contributed by atoms with Gasteiger partial charge < -0.3 is 14.8 Å². The van der Waals surface area contributed by atoms with Gasteiger partial charge in [0.05, 0.1) is 23.0 Å². The number of likely N-dealkylation sites (tertiary alicyclic amines) is 1. The maximum absolute atomic E-state index is 13.4. The predicted octanol–water partition coefficient (Wildman–Crippen LogP) is 3.42. The zero-order valence-electron chi connectivity index (χ0n) is 17.0. The van der Waals surface area contributed by atoms with Crippen molar-refractivity contribution in [1.29, 1.82) is 0 Å². The van der Waals surface area contributed by atoms with Gasteiger partial charge in [0.1, 0.15) is 5.82 Å². The molecule has 29 heavy (non-hydrogen) atoms. The lowest BCUT2D eigenvalue weighted by Gasteiger charge is -2.44. The Bertz CT molecular complexity index is 1000. The molecule has 0 bridgehead atoms. The fraction of sp³-hybridized carbons (Fsp3) is 0.522. The SMILES string of the molecule is Cn1c(CNC(=O)C23CCC=C2N(C2CCCC2)C(=O)CC3)nc2ccccc21. The Kier molecular flexibility index (Phi) is 4.45. The minimum atomic E-state index is -0.554. The summed E-state index contributed by atoms with van der Waals surface area (Å²) in [4.78, 5) is 32.9. The summed E-state index contributed by atoms with van der Waals surface area (Å²) >= 11 is 0. The molecular weight excluding hydrogens is 364 g/mol. The van der Waals surface area contributed by atoms with Crippen LogP contribution in [0.5, 0.6) is 0 Å². The number of nitrogens with one attached hydrogen (secondary N) is 1. The van der Waals surface area contributed by atoms with E-state index < -0.39 is 5.41 Å². The van der Waals surface area contributed by atoms with Crippen LogP contribution < -0.4 is 5.32 Å². The Morgan fingerprint density at radius 2 is 2.03 bits per heavy atom. The van der Waals surface area contributed by atoms with E-state index in [-0.39, 0.29) is 17.9 Å². The largest absolute Gasteiger partial charge is 0.348 e. The number of para-hydroxylation sites is 2. The molecule has 6 heteroatoms. The van der Waals surface area contributed by atoms with E-state index in [1.807, 2.05) is 40.8 Å². The summed E-state index contributed by atoms with van der Waals surface area (Å²) in [5.74, 6) is 1.09. The van der Waals surface area contributed by atoms with Crippen molar-refractivity contribution in [3.05, 3.63) is 41.9 Å². The van der Waals surface area contributed by atoms with Gasteiger partial charge in [-0.15, -0.1) is 0 Å². The number of nitrogens with zero attached hydrogens (tertiary/aromatic N) is 3. The molecule has 1 aliphatic heterocycles. The van der Waals surface area contributed by atoms with Gasteiger partial charge in [0.2, 0.25) is 11.8 Å². The molecule has 1 unspecified atom stereocenters. The minimum absolute atomic E-state index is 0.0452. The Morgan fingerprint density at radius 3 is 2.83 bits per heavy atom. The Morgan fingerprint density at radius 1 is 1.24 bits per heavy atom. The fourth-order valence-corrected chi connectivity index (χ4v) is 5.52. The monoisotopic (exact) mass is 392 g/mol. The van der Waals surface area contributed by atoms with Crippen LogP contribution in [0.25, 0.3) is 11.0 Å². The molecule has 2 fully saturated rings. The fourth-order valence-electron chi connectivity index (χ4n) is 5.52. The number of aromatic nitrogens is 2. The second-order valence-electron chi connectivity index (χ2n) is 8.67. The number of carbonyl (C=O) groups excluding carboxylic acids is 2. The molecule has 1 saturated heterocycles. The molecule has 3 aliphatic rings. The third-order valence-electron chi connectivity index (χ3n) is 7.10. The lowest BCUT2D eigenvalue weighted by Crippen LogP contribution is -2.52. The molecule has 2 aromatic rings. The highest BCUT2D eigenvalue weighted by molar-refractivity contribution is 5.91. The summed E-state index contributed by atoms with van der Waals surface area (Å²) in [5, 5.41) is 3.16. The number of rotatable bonds is 4. The van der Waals surface area contributed by atoms with Crippen LogP contribution in [0.1, 0.15) is 57.2 Å². The van der Waals surface area contributed by atoms with Gasteiger partial charge in [0.25, 0.3) is 0 Å². The number of allylic oxidation sites excluding steroid dienone is 1. The first-order chi connectivity index (χ1) is 14.1. The molecule has 2 heterocycles. The smallest absolute Gasteiger partial charge is 0.232 e. The first kappa shape index (κ1) is 18.4. The Balaban J connectivity index is 1.37. The summed E-state index contributed by atoms with van der Waals surface area (Å²) in [7, 11) is 1.98. The lowest BCUT2D eigenvalue weighted by molar-refractivity contribution is -0.141. The highest BCUT2D eigenvalue weighted by atomic mass is 16.2. The number of benzene rings is 1. The highest BCUT2D eigenvalue weighted by Crippen LogP contribution is 2.50. The van der Waals surface area contributed by atoms with Crippen LogP contribution in [0.3, 0.4) is 0 Å². The number of hydrogen-bond donors (Lipinski definition) is 1. The molecule has 0 radical (unpaired) electrons. The standard InChI is InChI=1S/C23H28N4O2/c1-26-18-10-5-4-9-17(18)25-20(26)15-24-22(29)23-13-6-11-19(23)27(21(28)12-14-23)16-7-2-3-8-16/h4-5,9-11,16H,2-3,6-8,12-15H2,1H3,(H,24,29). The molecule has 1 saturated carbocycles. The van der Waals surface area contributed by atoms with E-state index in [2.05, 4.69) is 16.4 Å². The first-order valence-electron chi connectivity index (χ1n) is 10.8. The van der Waals surface area contributed by atoms with Crippen molar-refractivity contribution >= 4 is 22.8 Å². The maximum atomic E-state index is 13.4. The summed E-state index contributed by atoms with van der Waals surface area (Å²) in [5.41, 5.74) is 2.42. The topological polar surface area (TPSA) is 67.2 Å². The maximum Gasteiger partial charge on any atom is 0.232 e. The van der Waals surface area contributed by atoms with E-state index in [9.17, 15) is 9.59 Å². The molecule has 2 aliphatic carbocycles. The van der Waals surface area contributed by atoms with E-state index in [1.54, 1.807) is 0 Å². The molecule has 0 spiro atoms. The first-order valence-corrected chi connectivity index (χ1v) is 10.8. The van der Waals surface area contributed by atoms with Gasteiger partial charge in [0, 0.05) is 25.2 Å². The number of fused-ring (bicyclic) bond motifs is 2. The Hall–Kier alpha value is -2.63. The van der Waals surface area contributed by atoms with Crippen molar-refractivity contribution in [2.75, 3.05) is 0 Å². The molecular formula is C23H28N4O2. The van der Waals surface area contributed by atoms with Gasteiger partial charge in [-0.05, 0) is 44.2 Å². The Labute approximate surface area is 171 Å². The van der Waals surface area contributed by atoms with Crippen molar-refractivity contribution in [3.63, 3.8) is 0 Å². The van der Waals surface area contributed by atoms with E-state index in [4.69, 9.17) is 0 Å². The molecule has 2 amide bonds. The predicted molar refractivity (Wildman–Crippen MR) is 111 cm³/mol. The second-order valence-corrected chi connectivity index (χ2v) is 8.67. The average molecular weight is 393 g/mol. The summed E-state index contributed by atoms with van der Waals surface area (Å²) in [6.45, 7) is 0.399. The second kappa shape index (κ2) is 7.01. The van der Waals surface area contributed by atoms with E-state index in [0.29, 0.717) is 19.4 Å². The van der Waals surface area contributed by atoms with Crippen LogP contribution in [0.4, 0.5) is 0 Å². The summed E-state index contributed by atoms with van der Waals surface area (Å²) < 4.78 is 2.04. The van der Waals surface area contributed by atoms with Crippen LogP contribution in [0.2, 0.25) is 0 Å². The van der Waals surface area contributed by atoms with Gasteiger partial charge in [-0.25, -0.2) is 4.98 Å². The molecule has 1 N–H and O–H groups in total. The number of imidazole rings is 1. The van der Waals surface area contributed by atoms with Crippen LogP contribution in [0.15, 0.2) is 36.0 Å². The van der Waals surface area contributed by atoms with Gasteiger partial charge in [-0.1, -0.05) is 31.1 Å². The van der Waals surface area contributed by atoms with E-state index >= 15 is 0 Å². The van der Waals surface area contributed by atoms with Gasteiger partial charge in [-0.3, -0.25) is 9.59 Å². The van der Waals surface area contributed by atoms with Crippen LogP contribution in [-0.4, -0.2) is 32.3 Å². The van der Waals surface area contributed by atoms with Crippen molar-refractivity contribution in [1.82, 2.24) is 19.8 Å². The minimum Gasteiger partial charge on any atom is -0.348 e. The molecule has 1 aromatic carbocycles. The molecule has 5 rings (SSSR count). The normalized spacial score (nSPS) is 24.8. The summed E-state index contributed by atoms with van der Waals surface area (Å²) in [6, 6.07) is 8.28. The van der Waals surface area contributed by atoms with Gasteiger partial charge in [0.15, 0.2) is 0 Å².